The Morgan fingerprint density at radius 3 is 2.65 bits per heavy atom. The molecule has 1 spiro atoms. The quantitative estimate of drug-likeness (QED) is 0.725. The first-order valence-corrected chi connectivity index (χ1v) is 8.22. The Balaban J connectivity index is 1.50. The number of alkyl halides is 1. The van der Waals surface area contributed by atoms with Crippen molar-refractivity contribution >= 4 is 15.9 Å². The fourth-order valence-electron chi connectivity index (χ4n) is 3.83. The van der Waals surface area contributed by atoms with Crippen LogP contribution in [0.3, 0.4) is 0 Å². The summed E-state index contributed by atoms with van der Waals surface area (Å²) in [6.45, 7) is 3.64. The van der Waals surface area contributed by atoms with Crippen LogP contribution in [0.25, 0.3) is 0 Å². The number of hydrogen-bond acceptors (Lipinski definition) is 2. The van der Waals surface area contributed by atoms with Crippen LogP contribution in [-0.4, -0.2) is 41.1 Å². The highest BCUT2D eigenvalue weighted by atomic mass is 79.9. The summed E-state index contributed by atoms with van der Waals surface area (Å²) in [5, 5.41) is 0. The number of nitrogens with zero attached hydrogens (tertiary/aromatic N) is 1. The van der Waals surface area contributed by atoms with Gasteiger partial charge in [0, 0.05) is 17.9 Å². The zero-order valence-electron chi connectivity index (χ0n) is 10.7. The molecular formula is C14H24BrNO. The van der Waals surface area contributed by atoms with Crippen LogP contribution >= 0.6 is 15.9 Å². The molecule has 0 aromatic carbocycles. The van der Waals surface area contributed by atoms with Crippen molar-refractivity contribution in [3.05, 3.63) is 0 Å². The van der Waals surface area contributed by atoms with Crippen LogP contribution in [0.4, 0.5) is 0 Å². The fraction of sp³-hybridized carbons (Fsp3) is 1.00. The maximum atomic E-state index is 6.43. The van der Waals surface area contributed by atoms with Gasteiger partial charge in [-0.3, -0.25) is 4.90 Å². The third-order valence-electron chi connectivity index (χ3n) is 4.78. The number of halogens is 1. The van der Waals surface area contributed by atoms with E-state index < -0.39 is 0 Å². The van der Waals surface area contributed by atoms with Crippen molar-refractivity contribution < 1.29 is 4.74 Å². The second kappa shape index (κ2) is 5.18. The second-order valence-electron chi connectivity index (χ2n) is 6.17. The fourth-order valence-corrected chi connectivity index (χ4v) is 4.44. The van der Waals surface area contributed by atoms with E-state index in [0.717, 1.165) is 0 Å². The minimum absolute atomic E-state index is 0.302. The topological polar surface area (TPSA) is 12.5 Å². The molecule has 3 fully saturated rings. The summed E-state index contributed by atoms with van der Waals surface area (Å²) in [5.74, 6) is 0. The highest BCUT2D eigenvalue weighted by Gasteiger charge is 2.41. The minimum Gasteiger partial charge on any atom is -0.370 e. The van der Waals surface area contributed by atoms with Gasteiger partial charge in [-0.2, -0.15) is 0 Å². The van der Waals surface area contributed by atoms with Gasteiger partial charge in [-0.15, -0.1) is 0 Å². The summed E-state index contributed by atoms with van der Waals surface area (Å²) in [6, 6.07) is 0. The highest BCUT2D eigenvalue weighted by molar-refractivity contribution is 9.09. The van der Waals surface area contributed by atoms with Crippen molar-refractivity contribution in [1.29, 1.82) is 0 Å². The van der Waals surface area contributed by atoms with Gasteiger partial charge in [-0.1, -0.05) is 35.2 Å². The molecule has 0 bridgehead atoms. The first-order chi connectivity index (χ1) is 8.26. The third-order valence-corrected chi connectivity index (χ3v) is 5.53. The largest absolute Gasteiger partial charge is 0.370 e. The Bertz CT molecular complexity index is 265. The normalized spacial score (nSPS) is 37.9. The van der Waals surface area contributed by atoms with Crippen molar-refractivity contribution in [1.82, 2.24) is 4.90 Å². The van der Waals surface area contributed by atoms with Gasteiger partial charge in [0.15, 0.2) is 0 Å². The van der Waals surface area contributed by atoms with E-state index >= 15 is 0 Å². The van der Waals surface area contributed by atoms with Gasteiger partial charge in [-0.25, -0.2) is 0 Å². The predicted molar refractivity (Wildman–Crippen MR) is 73.7 cm³/mol. The Morgan fingerprint density at radius 2 is 1.94 bits per heavy atom. The zero-order valence-corrected chi connectivity index (χ0v) is 12.3. The maximum absolute atomic E-state index is 6.43. The molecule has 2 saturated heterocycles. The Hall–Kier alpha value is 0.400. The van der Waals surface area contributed by atoms with Crippen LogP contribution in [0.1, 0.15) is 51.4 Å². The predicted octanol–water partition coefficient (Wildman–Crippen LogP) is 3.34. The number of rotatable bonds is 2. The molecule has 3 aliphatic rings. The molecule has 0 aromatic heterocycles. The van der Waals surface area contributed by atoms with E-state index in [9.17, 15) is 0 Å². The Kier molecular flexibility index (Phi) is 3.79. The van der Waals surface area contributed by atoms with Crippen molar-refractivity contribution in [2.24, 2.45) is 0 Å². The van der Waals surface area contributed by atoms with Gasteiger partial charge >= 0.3 is 0 Å². The summed E-state index contributed by atoms with van der Waals surface area (Å²) in [5.41, 5.74) is 0.302. The Labute approximate surface area is 113 Å². The average Bonchev–Trinajstić information content (AvgIpc) is 2.89. The molecule has 0 radical (unpaired) electrons. The maximum Gasteiger partial charge on any atom is 0.0710 e. The number of likely N-dealkylation sites (tertiary alicyclic amines) is 1. The van der Waals surface area contributed by atoms with E-state index in [1.54, 1.807) is 0 Å². The SMILES string of the molecule is BrC1CCN(CC2CCC3(CCCCC3)O2)C1. The minimum atomic E-state index is 0.302. The van der Waals surface area contributed by atoms with Gasteiger partial charge in [0.2, 0.25) is 0 Å². The smallest absolute Gasteiger partial charge is 0.0710 e. The van der Waals surface area contributed by atoms with Gasteiger partial charge in [-0.05, 0) is 38.6 Å². The summed E-state index contributed by atoms with van der Waals surface area (Å²) < 4.78 is 6.43. The third kappa shape index (κ3) is 2.87. The van der Waals surface area contributed by atoms with E-state index in [-0.39, 0.29) is 0 Å². The first-order valence-electron chi connectivity index (χ1n) is 7.30. The molecule has 17 heavy (non-hydrogen) atoms. The monoisotopic (exact) mass is 301 g/mol. The molecular weight excluding hydrogens is 278 g/mol. The van der Waals surface area contributed by atoms with E-state index in [4.69, 9.17) is 4.74 Å². The molecule has 0 amide bonds. The van der Waals surface area contributed by atoms with E-state index in [1.807, 2.05) is 0 Å². The molecule has 2 heterocycles. The molecule has 2 nitrogen and oxygen atoms in total. The molecule has 2 atom stereocenters. The van der Waals surface area contributed by atoms with E-state index in [2.05, 4.69) is 20.8 Å². The average molecular weight is 302 g/mol. The molecule has 1 saturated carbocycles. The van der Waals surface area contributed by atoms with Crippen LogP contribution in [0.5, 0.6) is 0 Å². The van der Waals surface area contributed by atoms with Crippen LogP contribution < -0.4 is 0 Å². The van der Waals surface area contributed by atoms with Crippen LogP contribution in [0.15, 0.2) is 0 Å². The Morgan fingerprint density at radius 1 is 1.12 bits per heavy atom. The molecule has 98 valence electrons. The lowest BCUT2D eigenvalue weighted by Crippen LogP contribution is -2.35. The molecule has 2 aliphatic heterocycles. The lowest BCUT2D eigenvalue weighted by molar-refractivity contribution is -0.0703. The zero-order chi connectivity index (χ0) is 11.7. The standard InChI is InChI=1S/C14H24BrNO/c15-12-5-9-16(10-12)11-13-4-8-14(17-13)6-2-1-3-7-14/h12-13H,1-11H2. The van der Waals surface area contributed by atoms with Gasteiger partial charge in [0.25, 0.3) is 0 Å². The van der Waals surface area contributed by atoms with E-state index in [1.165, 1.54) is 71.0 Å². The van der Waals surface area contributed by atoms with Crippen molar-refractivity contribution in [2.45, 2.75) is 67.9 Å². The van der Waals surface area contributed by atoms with Gasteiger partial charge in [0.1, 0.15) is 0 Å². The number of hydrogen-bond donors (Lipinski definition) is 0. The molecule has 1 aliphatic carbocycles. The summed E-state index contributed by atoms with van der Waals surface area (Å²) in [7, 11) is 0. The first kappa shape index (κ1) is 12.4. The van der Waals surface area contributed by atoms with Crippen molar-refractivity contribution in [3.8, 4) is 0 Å². The lowest BCUT2D eigenvalue weighted by atomic mass is 9.83. The molecule has 0 N–H and O–H groups in total. The van der Waals surface area contributed by atoms with Gasteiger partial charge < -0.3 is 4.74 Å². The summed E-state index contributed by atoms with van der Waals surface area (Å²) in [6.07, 6.45) is 11.3. The summed E-state index contributed by atoms with van der Waals surface area (Å²) >= 11 is 3.72. The van der Waals surface area contributed by atoms with Crippen LogP contribution in [0.2, 0.25) is 0 Å². The highest BCUT2D eigenvalue weighted by Crippen LogP contribution is 2.42. The van der Waals surface area contributed by atoms with E-state index in [0.29, 0.717) is 16.5 Å². The van der Waals surface area contributed by atoms with Gasteiger partial charge in [0.05, 0.1) is 11.7 Å². The second-order valence-corrected chi connectivity index (χ2v) is 7.46. The molecule has 3 heteroatoms. The summed E-state index contributed by atoms with van der Waals surface area (Å²) in [4.78, 5) is 3.29. The molecule has 2 unspecified atom stereocenters. The number of ether oxygens (including phenoxy) is 1. The van der Waals surface area contributed by atoms with Crippen LogP contribution in [0, 0.1) is 0 Å². The molecule has 0 aromatic rings. The molecule has 3 rings (SSSR count). The van der Waals surface area contributed by atoms with Crippen molar-refractivity contribution in [2.75, 3.05) is 19.6 Å². The van der Waals surface area contributed by atoms with Crippen LogP contribution in [-0.2, 0) is 4.74 Å². The van der Waals surface area contributed by atoms with Crippen molar-refractivity contribution in [3.63, 3.8) is 0 Å². The lowest BCUT2D eigenvalue weighted by Gasteiger charge is -2.34.